The van der Waals surface area contributed by atoms with Crippen molar-refractivity contribution in [3.63, 3.8) is 0 Å². The summed E-state index contributed by atoms with van der Waals surface area (Å²) in [5.41, 5.74) is 5.93. The van der Waals surface area contributed by atoms with Gasteiger partial charge in [-0.05, 0) is 46.9 Å². The Bertz CT molecular complexity index is 1060. The minimum Gasteiger partial charge on any atom is -0.508 e. The van der Waals surface area contributed by atoms with E-state index in [1.165, 1.54) is 0 Å². The number of phenols is 1. The van der Waals surface area contributed by atoms with Crippen molar-refractivity contribution in [2.45, 2.75) is 13.5 Å². The van der Waals surface area contributed by atoms with Crippen molar-refractivity contribution in [2.24, 2.45) is 0 Å². The Labute approximate surface area is 177 Å². The fourth-order valence-electron chi connectivity index (χ4n) is 2.77. The van der Waals surface area contributed by atoms with Crippen molar-refractivity contribution < 1.29 is 9.90 Å². The summed E-state index contributed by atoms with van der Waals surface area (Å²) >= 11 is 0. The van der Waals surface area contributed by atoms with Gasteiger partial charge < -0.3 is 10.4 Å². The maximum atomic E-state index is 11.6. The fraction of sp³-hybridized carbons (Fsp3) is 0.0741. The van der Waals surface area contributed by atoms with Gasteiger partial charge in [-0.1, -0.05) is 91.5 Å². The van der Waals surface area contributed by atoms with Crippen LogP contribution in [0.5, 0.6) is 5.75 Å². The van der Waals surface area contributed by atoms with E-state index >= 15 is 0 Å². The lowest BCUT2D eigenvalue weighted by Gasteiger charge is -2.05. The number of hydrogen-bond donors (Lipinski definition) is 2. The van der Waals surface area contributed by atoms with Crippen molar-refractivity contribution in [2.75, 3.05) is 0 Å². The van der Waals surface area contributed by atoms with Crippen LogP contribution < -0.4 is 5.32 Å². The summed E-state index contributed by atoms with van der Waals surface area (Å²) in [5, 5.41) is 12.2. The highest BCUT2D eigenvalue weighted by atomic mass is 16.3. The van der Waals surface area contributed by atoms with Gasteiger partial charge >= 0.3 is 0 Å². The Morgan fingerprint density at radius 1 is 0.767 bits per heavy atom. The van der Waals surface area contributed by atoms with E-state index in [4.69, 9.17) is 0 Å². The van der Waals surface area contributed by atoms with Crippen molar-refractivity contribution in [3.05, 3.63) is 113 Å². The Kier molecular flexibility index (Phi) is 7.01. The van der Waals surface area contributed by atoms with Crippen molar-refractivity contribution in [1.29, 1.82) is 0 Å². The van der Waals surface area contributed by atoms with E-state index in [0.29, 0.717) is 12.1 Å². The fourth-order valence-corrected chi connectivity index (χ4v) is 2.77. The Balaban J connectivity index is 1.56. The van der Waals surface area contributed by atoms with Gasteiger partial charge in [0.25, 0.3) is 0 Å². The van der Waals surface area contributed by atoms with E-state index in [1.807, 2.05) is 48.6 Å². The summed E-state index contributed by atoms with van der Waals surface area (Å²) in [6, 6.07) is 23.5. The molecule has 0 saturated carbocycles. The van der Waals surface area contributed by atoms with Crippen LogP contribution in [-0.2, 0) is 11.3 Å². The minimum atomic E-state index is -0.125. The first kappa shape index (κ1) is 20.9. The molecule has 0 radical (unpaired) electrons. The number of benzene rings is 3. The molecule has 0 heterocycles. The molecular weight excluding hydrogens is 370 g/mol. The first-order valence-electron chi connectivity index (χ1n) is 9.77. The first-order chi connectivity index (χ1) is 14.5. The van der Waals surface area contributed by atoms with Gasteiger partial charge in [0.2, 0.25) is 5.91 Å². The summed E-state index contributed by atoms with van der Waals surface area (Å²) in [5.74, 6) is 0.146. The molecule has 150 valence electrons. The van der Waals surface area contributed by atoms with E-state index in [1.54, 1.807) is 19.1 Å². The summed E-state index contributed by atoms with van der Waals surface area (Å²) in [4.78, 5) is 11.6. The number of hydrogen-bond acceptors (Lipinski definition) is 2. The zero-order chi connectivity index (χ0) is 21.3. The van der Waals surface area contributed by atoms with E-state index in [2.05, 4.69) is 48.3 Å². The largest absolute Gasteiger partial charge is 0.508 e. The second-order valence-electron chi connectivity index (χ2n) is 7.13. The minimum absolute atomic E-state index is 0.125. The second kappa shape index (κ2) is 10.1. The number of amides is 1. The van der Waals surface area contributed by atoms with Crippen LogP contribution in [0.1, 0.15) is 34.7 Å². The molecule has 30 heavy (non-hydrogen) atoms. The molecule has 3 rings (SSSR count). The average molecular weight is 396 g/mol. The first-order valence-corrected chi connectivity index (χ1v) is 9.77. The highest BCUT2D eigenvalue weighted by Crippen LogP contribution is 2.15. The summed E-state index contributed by atoms with van der Waals surface area (Å²) in [6.45, 7) is 5.82. The molecule has 3 nitrogen and oxygen atoms in total. The lowest BCUT2D eigenvalue weighted by Crippen LogP contribution is -2.22. The van der Waals surface area contributed by atoms with Crippen LogP contribution in [0.15, 0.2) is 84.9 Å². The van der Waals surface area contributed by atoms with Crippen LogP contribution >= 0.6 is 0 Å². The van der Waals surface area contributed by atoms with Crippen molar-refractivity contribution >= 4 is 30.2 Å². The normalized spacial score (nSPS) is 11.1. The molecule has 0 spiro atoms. The van der Waals surface area contributed by atoms with Gasteiger partial charge in [0, 0.05) is 12.1 Å². The monoisotopic (exact) mass is 395 g/mol. The lowest BCUT2D eigenvalue weighted by molar-refractivity contribution is -0.117. The Morgan fingerprint density at radius 2 is 1.13 bits per heavy atom. The van der Waals surface area contributed by atoms with Crippen molar-refractivity contribution in [1.82, 2.24) is 5.32 Å². The van der Waals surface area contributed by atoms with Crippen molar-refractivity contribution in [3.8, 4) is 5.75 Å². The number of nitrogens with one attached hydrogen (secondary N) is 1. The Hall–Kier alpha value is -3.85. The average Bonchev–Trinajstić information content (AvgIpc) is 2.77. The molecule has 0 aliphatic heterocycles. The number of aromatic hydroxyl groups is 1. The van der Waals surface area contributed by atoms with E-state index in [9.17, 15) is 9.90 Å². The van der Waals surface area contributed by atoms with E-state index in [-0.39, 0.29) is 11.7 Å². The molecule has 2 N–H and O–H groups in total. The molecule has 0 atom stereocenters. The molecule has 0 fully saturated rings. The van der Waals surface area contributed by atoms with Crippen LogP contribution in [0.3, 0.4) is 0 Å². The molecule has 0 aliphatic rings. The predicted octanol–water partition coefficient (Wildman–Crippen LogP) is 5.93. The molecular formula is C27H25NO2. The SMILES string of the molecule is C=C(C)C(=O)NCc1ccc(C=Cc2ccc(C=Cc3ccc(O)cc3)cc2)cc1. The van der Waals surface area contributed by atoms with Gasteiger partial charge in [0.1, 0.15) is 5.75 Å². The zero-order valence-corrected chi connectivity index (χ0v) is 17.0. The van der Waals surface area contributed by atoms with Gasteiger partial charge in [0.05, 0.1) is 0 Å². The third-order valence-corrected chi connectivity index (χ3v) is 4.59. The molecule has 3 heteroatoms. The molecule has 1 amide bonds. The molecule has 0 saturated heterocycles. The van der Waals surface area contributed by atoms with Gasteiger partial charge in [-0.3, -0.25) is 4.79 Å². The third-order valence-electron chi connectivity index (χ3n) is 4.59. The van der Waals surface area contributed by atoms with Crippen LogP contribution in [-0.4, -0.2) is 11.0 Å². The van der Waals surface area contributed by atoms with Crippen LogP contribution in [0.25, 0.3) is 24.3 Å². The lowest BCUT2D eigenvalue weighted by atomic mass is 10.1. The van der Waals surface area contributed by atoms with E-state index < -0.39 is 0 Å². The molecule has 3 aromatic rings. The second-order valence-corrected chi connectivity index (χ2v) is 7.13. The summed E-state index contributed by atoms with van der Waals surface area (Å²) < 4.78 is 0. The highest BCUT2D eigenvalue weighted by molar-refractivity contribution is 5.92. The third kappa shape index (κ3) is 6.35. The molecule has 0 aromatic heterocycles. The van der Waals surface area contributed by atoms with Crippen LogP contribution in [0, 0.1) is 0 Å². The molecule has 3 aromatic carbocycles. The quantitative estimate of drug-likeness (QED) is 0.385. The van der Waals surface area contributed by atoms with Gasteiger partial charge in [-0.15, -0.1) is 0 Å². The van der Waals surface area contributed by atoms with Crippen LogP contribution in [0.2, 0.25) is 0 Å². The number of phenolic OH excluding ortho intramolecular Hbond substituents is 1. The topological polar surface area (TPSA) is 49.3 Å². The standard InChI is InChI=1S/C27H25NO2/c1-20(2)27(30)28-19-25-13-11-23(12-14-25)8-7-21-3-5-22(6-4-21)9-10-24-15-17-26(29)18-16-24/h3-18,29H,1,19H2,2H3,(H,28,30). The highest BCUT2D eigenvalue weighted by Gasteiger charge is 2.00. The number of carbonyl (C=O) groups excluding carboxylic acids is 1. The molecule has 0 bridgehead atoms. The summed E-state index contributed by atoms with van der Waals surface area (Å²) in [7, 11) is 0. The maximum Gasteiger partial charge on any atom is 0.246 e. The van der Waals surface area contributed by atoms with Gasteiger partial charge in [-0.2, -0.15) is 0 Å². The van der Waals surface area contributed by atoms with Crippen LogP contribution in [0.4, 0.5) is 0 Å². The molecule has 0 aliphatic carbocycles. The maximum absolute atomic E-state index is 11.6. The zero-order valence-electron chi connectivity index (χ0n) is 17.0. The van der Waals surface area contributed by atoms with E-state index in [0.717, 1.165) is 27.8 Å². The number of carbonyl (C=O) groups is 1. The summed E-state index contributed by atoms with van der Waals surface area (Å²) in [6.07, 6.45) is 8.21. The predicted molar refractivity (Wildman–Crippen MR) is 126 cm³/mol. The van der Waals surface area contributed by atoms with Gasteiger partial charge in [-0.25, -0.2) is 0 Å². The smallest absolute Gasteiger partial charge is 0.246 e. The molecule has 0 unspecified atom stereocenters. The van der Waals surface area contributed by atoms with Gasteiger partial charge in [0.15, 0.2) is 0 Å². The number of rotatable bonds is 7. The Morgan fingerprint density at radius 3 is 1.53 bits per heavy atom.